The summed E-state index contributed by atoms with van der Waals surface area (Å²) in [5.41, 5.74) is 10.4. The molecule has 0 spiro atoms. The number of esters is 3. The Morgan fingerprint density at radius 1 is 0.566 bits per heavy atom. The molecule has 6 aromatic rings. The first-order valence-electron chi connectivity index (χ1n) is 26.9. The Labute approximate surface area is 443 Å². The molecule has 0 saturated heterocycles. The van der Waals surface area contributed by atoms with Crippen LogP contribution in [-0.2, 0) is 41.7 Å². The Hall–Kier alpha value is -7.09. The zero-order chi connectivity index (χ0) is 54.0. The Kier molecular flexibility index (Phi) is 13.9. The highest BCUT2D eigenvalue weighted by molar-refractivity contribution is 6.01. The van der Waals surface area contributed by atoms with Crippen LogP contribution in [0.5, 0.6) is 11.5 Å². The van der Waals surface area contributed by atoms with Crippen molar-refractivity contribution < 1.29 is 57.9 Å². The minimum atomic E-state index is -0.942. The molecule has 2 N–H and O–H groups in total. The molecule has 4 fully saturated rings. The van der Waals surface area contributed by atoms with E-state index in [4.69, 9.17) is 33.6 Å². The smallest absolute Gasteiger partial charge is 0.338 e. The molecule has 4 heterocycles. The van der Waals surface area contributed by atoms with E-state index in [9.17, 15) is 24.3 Å². The first-order chi connectivity index (χ1) is 36.4. The van der Waals surface area contributed by atoms with Crippen molar-refractivity contribution in [3.8, 4) is 34.0 Å². The predicted octanol–water partition coefficient (Wildman–Crippen LogP) is 12.8. The summed E-state index contributed by atoms with van der Waals surface area (Å²) in [5, 5.41) is 19.4. The fourth-order valence-corrected chi connectivity index (χ4v) is 13.5. The number of carboxylic acids is 2. The number of benzene rings is 4. The summed E-state index contributed by atoms with van der Waals surface area (Å²) in [7, 11) is 6.28. The molecular formula is C62H70N2O12. The van der Waals surface area contributed by atoms with Gasteiger partial charge < -0.3 is 43.0 Å². The Balaban J connectivity index is 0.000000162. The van der Waals surface area contributed by atoms with Crippen LogP contribution >= 0.6 is 0 Å². The van der Waals surface area contributed by atoms with Crippen molar-refractivity contribution >= 4 is 51.7 Å². The van der Waals surface area contributed by atoms with Crippen molar-refractivity contribution in [1.82, 2.24) is 9.13 Å². The minimum Gasteiger partial charge on any atom is -0.497 e. The largest absolute Gasteiger partial charge is 0.497 e. The molecule has 4 unspecified atom stereocenters. The number of nitrogens with zero attached hydrogens (tertiary/aromatic N) is 2. The zero-order valence-electron chi connectivity index (χ0n) is 45.0. The molecule has 12 rings (SSSR count). The van der Waals surface area contributed by atoms with E-state index >= 15 is 0 Å². The van der Waals surface area contributed by atoms with Gasteiger partial charge in [-0.3, -0.25) is 14.4 Å². The molecule has 400 valence electrons. The quantitative estimate of drug-likeness (QED) is 0.109. The summed E-state index contributed by atoms with van der Waals surface area (Å²) < 4.78 is 32.1. The van der Waals surface area contributed by atoms with E-state index in [1.165, 1.54) is 75.0 Å². The van der Waals surface area contributed by atoms with Crippen molar-refractivity contribution in [2.75, 3.05) is 28.4 Å². The van der Waals surface area contributed by atoms with Crippen LogP contribution in [0.4, 0.5) is 0 Å². The maximum absolute atomic E-state index is 13.3. The molecule has 6 aliphatic rings. The first-order valence-corrected chi connectivity index (χ1v) is 26.9. The Bertz CT molecular complexity index is 3300. The standard InChI is InChI=1S/C32H37NO5.C28H29NO5.C2H4O2/c1-31(2,3)38-29(34)20-11-13-23-26(15-20)33-18-32(30(35)37-5)17-25(32)24-16-21(36-4)12-14-22(24)28(33)27(23)19-9-7-6-8-10-19;1-33-18-9-11-19-21(13-18)22-14-28(22,27(32)34-2)15-29-23-12-17(26(30)31)8-10-20(23)24(25(19)29)16-6-4-3-5-7-16;1-2(3)4/h11-16,19,25H,6-10,17-18H2,1-5H3;8-13,16,22H,3-7,14-15H2,1-2H3,(H,30,31);1H3,(H,3,4). The van der Waals surface area contributed by atoms with Gasteiger partial charge in [-0.25, -0.2) is 9.59 Å². The molecule has 14 nitrogen and oxygen atoms in total. The number of methoxy groups -OCH3 is 4. The van der Waals surface area contributed by atoms with Gasteiger partial charge in [0.05, 0.1) is 61.8 Å². The van der Waals surface area contributed by atoms with Crippen molar-refractivity contribution in [1.29, 1.82) is 0 Å². The molecule has 4 atom stereocenters. The van der Waals surface area contributed by atoms with Gasteiger partial charge in [-0.1, -0.05) is 50.7 Å². The lowest BCUT2D eigenvalue weighted by molar-refractivity contribution is -0.148. The highest BCUT2D eigenvalue weighted by Crippen LogP contribution is 2.67. The highest BCUT2D eigenvalue weighted by atomic mass is 16.6. The number of carbonyl (C=O) groups excluding carboxylic acids is 3. The maximum Gasteiger partial charge on any atom is 0.338 e. The Morgan fingerprint density at radius 2 is 0.974 bits per heavy atom. The van der Waals surface area contributed by atoms with E-state index in [0.29, 0.717) is 30.5 Å². The molecule has 2 aromatic heterocycles. The van der Waals surface area contributed by atoms with Gasteiger partial charge >= 0.3 is 23.9 Å². The number of rotatable bonds is 8. The molecule has 0 bridgehead atoms. The molecule has 2 aliphatic heterocycles. The second-order valence-corrected chi connectivity index (χ2v) is 22.9. The van der Waals surface area contributed by atoms with E-state index in [0.717, 1.165) is 101 Å². The summed E-state index contributed by atoms with van der Waals surface area (Å²) in [5.74, 6) is 0.0807. The van der Waals surface area contributed by atoms with Crippen LogP contribution in [0, 0.1) is 10.8 Å². The molecular weight excluding hydrogens is 965 g/mol. The normalized spacial score (nSPS) is 22.1. The zero-order valence-corrected chi connectivity index (χ0v) is 45.0. The second-order valence-electron chi connectivity index (χ2n) is 22.9. The van der Waals surface area contributed by atoms with Crippen molar-refractivity contribution in [2.45, 2.75) is 147 Å². The van der Waals surface area contributed by atoms with Gasteiger partial charge in [0.15, 0.2) is 0 Å². The molecule has 14 heteroatoms. The second kappa shape index (κ2) is 20.1. The van der Waals surface area contributed by atoms with E-state index < -0.39 is 28.4 Å². The minimum absolute atomic E-state index is 0.0573. The van der Waals surface area contributed by atoms with Crippen LogP contribution in [0.25, 0.3) is 44.3 Å². The van der Waals surface area contributed by atoms with E-state index in [1.54, 1.807) is 26.4 Å². The van der Waals surface area contributed by atoms with Gasteiger partial charge in [-0.2, -0.15) is 0 Å². The Morgan fingerprint density at radius 3 is 1.36 bits per heavy atom. The first kappa shape index (κ1) is 52.4. The number of carbonyl (C=O) groups is 5. The summed E-state index contributed by atoms with van der Waals surface area (Å²) >= 11 is 0. The van der Waals surface area contributed by atoms with Crippen molar-refractivity contribution in [3.05, 3.63) is 106 Å². The number of aromatic carboxylic acids is 1. The highest BCUT2D eigenvalue weighted by Gasteiger charge is 2.65. The number of hydrogen-bond donors (Lipinski definition) is 2. The number of aromatic nitrogens is 2. The molecule has 76 heavy (non-hydrogen) atoms. The van der Waals surface area contributed by atoms with Crippen LogP contribution in [0.2, 0.25) is 0 Å². The predicted molar refractivity (Wildman–Crippen MR) is 289 cm³/mol. The number of fused-ring (bicyclic) bond motifs is 14. The van der Waals surface area contributed by atoms with Gasteiger partial charge in [0.1, 0.15) is 17.1 Å². The topological polar surface area (TPSA) is 182 Å². The number of carboxylic acid groups (broad SMARTS) is 2. The summed E-state index contributed by atoms with van der Waals surface area (Å²) in [6, 6.07) is 23.9. The maximum atomic E-state index is 13.3. The van der Waals surface area contributed by atoms with Gasteiger partial charge in [0, 0.05) is 64.8 Å². The van der Waals surface area contributed by atoms with Crippen LogP contribution in [0.15, 0.2) is 72.8 Å². The van der Waals surface area contributed by atoms with Gasteiger partial charge in [-0.05, 0) is 154 Å². The fraction of sp³-hybridized carbons (Fsp3) is 0.468. The average Bonchev–Trinajstić information content (AvgIpc) is 4.34. The fourth-order valence-electron chi connectivity index (χ4n) is 13.5. The van der Waals surface area contributed by atoms with Crippen LogP contribution in [0.1, 0.15) is 171 Å². The number of ether oxygens (including phenoxy) is 5. The van der Waals surface area contributed by atoms with E-state index in [1.807, 2.05) is 51.1 Å². The molecule has 0 radical (unpaired) electrons. The molecule has 0 amide bonds. The SMILES string of the molecule is CC(=O)O.COC(=O)C12CC1c1cc(OC)ccc1-c1c(C3CCCCC3)c3ccc(C(=O)O)cc3n1C2.COC(=O)C12CC1c1cc(OC)ccc1-c1c(C3CCCCC3)c3ccc(C(=O)OC(C)(C)C)cc3n1C2. The monoisotopic (exact) mass is 1030 g/mol. The number of aliphatic carboxylic acids is 1. The van der Waals surface area contributed by atoms with Crippen molar-refractivity contribution in [3.63, 3.8) is 0 Å². The lowest BCUT2D eigenvalue weighted by Crippen LogP contribution is -2.25. The van der Waals surface area contributed by atoms with Crippen LogP contribution in [0.3, 0.4) is 0 Å². The van der Waals surface area contributed by atoms with Crippen molar-refractivity contribution in [2.24, 2.45) is 10.8 Å². The third-order valence-corrected chi connectivity index (χ3v) is 17.1. The molecule has 4 aliphatic carbocycles. The summed E-state index contributed by atoms with van der Waals surface area (Å²) in [4.78, 5) is 60.3. The van der Waals surface area contributed by atoms with Gasteiger partial charge in [0.25, 0.3) is 5.97 Å². The summed E-state index contributed by atoms with van der Waals surface area (Å²) in [6.07, 6.45) is 13.4. The molecule has 4 aromatic carbocycles. The lowest BCUT2D eigenvalue weighted by Gasteiger charge is -2.24. The third-order valence-electron chi connectivity index (χ3n) is 17.1. The van der Waals surface area contributed by atoms with Crippen LogP contribution < -0.4 is 9.47 Å². The van der Waals surface area contributed by atoms with Gasteiger partial charge in [-0.15, -0.1) is 0 Å². The van der Waals surface area contributed by atoms with Crippen LogP contribution in [-0.4, -0.2) is 83.2 Å². The van der Waals surface area contributed by atoms with Gasteiger partial charge in [0.2, 0.25) is 0 Å². The summed E-state index contributed by atoms with van der Waals surface area (Å²) in [6.45, 7) is 7.74. The average molecular weight is 1040 g/mol. The molecule has 4 saturated carbocycles. The lowest BCUT2D eigenvalue weighted by atomic mass is 9.81. The van der Waals surface area contributed by atoms with E-state index in [2.05, 4.69) is 39.5 Å². The number of hydrogen-bond acceptors (Lipinski definition) is 10. The van der Waals surface area contributed by atoms with E-state index in [-0.39, 0.29) is 35.3 Å². The third kappa shape index (κ3) is 9.18.